The van der Waals surface area contributed by atoms with Gasteiger partial charge >= 0.3 is 0 Å². The van der Waals surface area contributed by atoms with E-state index in [2.05, 4.69) is 12.1 Å². The quantitative estimate of drug-likeness (QED) is 0.878. The highest BCUT2D eigenvalue weighted by atomic mass is 16.2. The van der Waals surface area contributed by atoms with Crippen LogP contribution in [0.25, 0.3) is 0 Å². The molecule has 0 saturated carbocycles. The molecule has 2 N–H and O–H groups in total. The number of hydrogen-bond donors (Lipinski definition) is 1. The second kappa shape index (κ2) is 6.31. The van der Waals surface area contributed by atoms with Gasteiger partial charge in [-0.2, -0.15) is 0 Å². The van der Waals surface area contributed by atoms with Crippen LogP contribution in [0.4, 0.5) is 11.4 Å². The van der Waals surface area contributed by atoms with Crippen molar-refractivity contribution in [3.8, 4) is 0 Å². The number of benzene rings is 2. The molecule has 1 amide bonds. The number of hydrogen-bond acceptors (Lipinski definition) is 3. The summed E-state index contributed by atoms with van der Waals surface area (Å²) in [7, 11) is 5.82. The van der Waals surface area contributed by atoms with Gasteiger partial charge in [0.05, 0.1) is 0 Å². The molecule has 0 saturated heterocycles. The lowest BCUT2D eigenvalue weighted by Crippen LogP contribution is -2.26. The van der Waals surface area contributed by atoms with Gasteiger partial charge in [0.25, 0.3) is 5.91 Å². The van der Waals surface area contributed by atoms with Crippen LogP contribution in [0.1, 0.15) is 15.9 Å². The average molecular weight is 283 g/mol. The topological polar surface area (TPSA) is 49.6 Å². The minimum atomic E-state index is -0.00770. The highest BCUT2D eigenvalue weighted by Crippen LogP contribution is 2.15. The molecular formula is C17H21N3O. The molecule has 0 aliphatic carbocycles. The molecule has 0 bridgehead atoms. The van der Waals surface area contributed by atoms with Gasteiger partial charge in [-0.25, -0.2) is 0 Å². The molecule has 0 spiro atoms. The van der Waals surface area contributed by atoms with E-state index in [-0.39, 0.29) is 5.91 Å². The molecule has 0 heterocycles. The number of nitrogens with two attached hydrogens (primary N) is 1. The van der Waals surface area contributed by atoms with Crippen LogP contribution in [-0.4, -0.2) is 32.0 Å². The van der Waals surface area contributed by atoms with Crippen molar-refractivity contribution in [1.82, 2.24) is 4.90 Å². The average Bonchev–Trinajstić information content (AvgIpc) is 2.47. The van der Waals surface area contributed by atoms with E-state index in [9.17, 15) is 4.79 Å². The second-order valence-electron chi connectivity index (χ2n) is 5.34. The monoisotopic (exact) mass is 283 g/mol. The van der Waals surface area contributed by atoms with Gasteiger partial charge in [0.2, 0.25) is 0 Å². The van der Waals surface area contributed by atoms with E-state index in [4.69, 9.17) is 5.73 Å². The number of rotatable bonds is 4. The number of nitrogen functional groups attached to an aromatic ring is 1. The van der Waals surface area contributed by atoms with Gasteiger partial charge in [0.15, 0.2) is 0 Å². The van der Waals surface area contributed by atoms with E-state index in [1.807, 2.05) is 31.1 Å². The fourth-order valence-corrected chi connectivity index (χ4v) is 2.09. The molecule has 0 aliphatic heterocycles. The Hall–Kier alpha value is -2.49. The third kappa shape index (κ3) is 3.75. The highest BCUT2D eigenvalue weighted by Gasteiger charge is 2.11. The zero-order chi connectivity index (χ0) is 15.4. The summed E-state index contributed by atoms with van der Waals surface area (Å²) in [5, 5.41) is 0. The van der Waals surface area contributed by atoms with Gasteiger partial charge in [-0.1, -0.05) is 12.1 Å². The molecule has 110 valence electrons. The zero-order valence-corrected chi connectivity index (χ0v) is 12.7. The maximum absolute atomic E-state index is 12.3. The van der Waals surface area contributed by atoms with Gasteiger partial charge < -0.3 is 15.5 Å². The molecule has 2 aromatic carbocycles. The Morgan fingerprint density at radius 2 is 1.52 bits per heavy atom. The lowest BCUT2D eigenvalue weighted by Gasteiger charge is -2.18. The Morgan fingerprint density at radius 3 is 2.05 bits per heavy atom. The molecule has 4 heteroatoms. The third-order valence-corrected chi connectivity index (χ3v) is 3.38. The molecule has 0 unspecified atom stereocenters. The zero-order valence-electron chi connectivity index (χ0n) is 12.7. The van der Waals surface area contributed by atoms with Crippen LogP contribution in [0.2, 0.25) is 0 Å². The largest absolute Gasteiger partial charge is 0.399 e. The van der Waals surface area contributed by atoms with Gasteiger partial charge in [-0.05, 0) is 42.0 Å². The Kier molecular flexibility index (Phi) is 4.48. The molecular weight excluding hydrogens is 262 g/mol. The summed E-state index contributed by atoms with van der Waals surface area (Å²) in [6, 6.07) is 15.2. The molecule has 0 aromatic heterocycles. The van der Waals surface area contributed by atoms with E-state index in [0.29, 0.717) is 17.8 Å². The Bertz CT molecular complexity index is 603. The second-order valence-corrected chi connectivity index (χ2v) is 5.34. The Morgan fingerprint density at radius 1 is 0.952 bits per heavy atom. The maximum atomic E-state index is 12.3. The van der Waals surface area contributed by atoms with Gasteiger partial charge in [0, 0.05) is 44.6 Å². The summed E-state index contributed by atoms with van der Waals surface area (Å²) in [5.74, 6) is -0.00770. The molecule has 0 aliphatic rings. The molecule has 0 radical (unpaired) electrons. The summed E-state index contributed by atoms with van der Waals surface area (Å²) >= 11 is 0. The van der Waals surface area contributed by atoms with Crippen molar-refractivity contribution >= 4 is 17.3 Å². The molecule has 2 aromatic rings. The van der Waals surface area contributed by atoms with Crippen molar-refractivity contribution in [3.63, 3.8) is 0 Å². The first-order valence-corrected chi connectivity index (χ1v) is 6.84. The maximum Gasteiger partial charge on any atom is 0.253 e. The SMILES string of the molecule is CN(Cc1ccc(N(C)C)cc1)C(=O)c1ccc(N)cc1. The summed E-state index contributed by atoms with van der Waals surface area (Å²) < 4.78 is 0. The Balaban J connectivity index is 2.05. The molecule has 2 rings (SSSR count). The van der Waals surface area contributed by atoms with Crippen molar-refractivity contribution in [3.05, 3.63) is 59.7 Å². The van der Waals surface area contributed by atoms with E-state index in [1.165, 1.54) is 0 Å². The van der Waals surface area contributed by atoms with Crippen molar-refractivity contribution in [1.29, 1.82) is 0 Å². The van der Waals surface area contributed by atoms with Crippen LogP contribution in [0.5, 0.6) is 0 Å². The fraction of sp³-hybridized carbons (Fsp3) is 0.235. The summed E-state index contributed by atoms with van der Waals surface area (Å²) in [6.45, 7) is 0.580. The van der Waals surface area contributed by atoms with E-state index >= 15 is 0 Å². The molecule has 0 atom stereocenters. The van der Waals surface area contributed by atoms with E-state index in [1.54, 1.807) is 36.2 Å². The minimum absolute atomic E-state index is 0.00770. The van der Waals surface area contributed by atoms with Crippen molar-refractivity contribution in [2.75, 3.05) is 31.8 Å². The van der Waals surface area contributed by atoms with Crippen LogP contribution in [0.15, 0.2) is 48.5 Å². The summed E-state index contributed by atoms with van der Waals surface area (Å²) in [4.78, 5) is 16.1. The van der Waals surface area contributed by atoms with Crippen molar-refractivity contribution in [2.24, 2.45) is 0 Å². The minimum Gasteiger partial charge on any atom is -0.399 e. The van der Waals surface area contributed by atoms with Crippen LogP contribution in [-0.2, 0) is 6.54 Å². The van der Waals surface area contributed by atoms with Gasteiger partial charge in [-0.3, -0.25) is 4.79 Å². The lowest BCUT2D eigenvalue weighted by molar-refractivity contribution is 0.0785. The molecule has 4 nitrogen and oxygen atoms in total. The number of anilines is 2. The predicted molar refractivity (Wildman–Crippen MR) is 87.4 cm³/mol. The first-order chi connectivity index (χ1) is 9.97. The smallest absolute Gasteiger partial charge is 0.253 e. The Labute approximate surface area is 125 Å². The number of nitrogens with zero attached hydrogens (tertiary/aromatic N) is 2. The molecule has 21 heavy (non-hydrogen) atoms. The highest BCUT2D eigenvalue weighted by molar-refractivity contribution is 5.94. The van der Waals surface area contributed by atoms with Gasteiger partial charge in [0.1, 0.15) is 0 Å². The summed E-state index contributed by atoms with van der Waals surface area (Å²) in [5.41, 5.74) is 9.19. The normalized spacial score (nSPS) is 10.2. The summed E-state index contributed by atoms with van der Waals surface area (Å²) in [6.07, 6.45) is 0. The van der Waals surface area contributed by atoms with Crippen LogP contribution in [0, 0.1) is 0 Å². The number of carbonyl (C=O) groups excluding carboxylic acids is 1. The standard InChI is InChI=1S/C17H21N3O/c1-19(2)16-10-4-13(5-11-16)12-20(3)17(21)14-6-8-15(18)9-7-14/h4-11H,12,18H2,1-3H3. The van der Waals surface area contributed by atoms with Gasteiger partial charge in [-0.15, -0.1) is 0 Å². The number of amides is 1. The van der Waals surface area contributed by atoms with Crippen LogP contribution >= 0.6 is 0 Å². The first kappa shape index (κ1) is 14.9. The fourth-order valence-electron chi connectivity index (χ4n) is 2.09. The lowest BCUT2D eigenvalue weighted by atomic mass is 10.1. The van der Waals surface area contributed by atoms with Crippen LogP contribution in [0.3, 0.4) is 0 Å². The number of carbonyl (C=O) groups is 1. The van der Waals surface area contributed by atoms with Crippen LogP contribution < -0.4 is 10.6 Å². The predicted octanol–water partition coefficient (Wildman–Crippen LogP) is 2.61. The van der Waals surface area contributed by atoms with Crippen molar-refractivity contribution < 1.29 is 4.79 Å². The molecule has 0 fully saturated rings. The van der Waals surface area contributed by atoms with E-state index in [0.717, 1.165) is 11.3 Å². The third-order valence-electron chi connectivity index (χ3n) is 3.38. The van der Waals surface area contributed by atoms with E-state index < -0.39 is 0 Å². The van der Waals surface area contributed by atoms with Crippen molar-refractivity contribution in [2.45, 2.75) is 6.54 Å². The first-order valence-electron chi connectivity index (χ1n) is 6.84.